The van der Waals surface area contributed by atoms with E-state index in [1.807, 2.05) is 30.3 Å². The zero-order chi connectivity index (χ0) is 10.5. The van der Waals surface area contributed by atoms with Gasteiger partial charge in [-0.25, -0.2) is 4.98 Å². The van der Waals surface area contributed by atoms with E-state index in [0.29, 0.717) is 5.69 Å². The Balaban J connectivity index is 2.19. The highest BCUT2D eigenvalue weighted by molar-refractivity contribution is 5.81. The minimum absolute atomic E-state index is 0.516. The zero-order valence-electron chi connectivity index (χ0n) is 7.97. The molecular weight excluding hydrogens is 191 g/mol. The molecule has 0 spiro atoms. The molecular formula is C12H9FN2. The topological polar surface area (TPSA) is 25.2 Å². The van der Waals surface area contributed by atoms with E-state index in [0.717, 1.165) is 5.56 Å². The van der Waals surface area contributed by atoms with Gasteiger partial charge in [0.05, 0.1) is 5.69 Å². The lowest BCUT2D eigenvalue weighted by Crippen LogP contribution is -1.80. The average molecular weight is 200 g/mol. The predicted molar refractivity (Wildman–Crippen MR) is 57.9 cm³/mol. The van der Waals surface area contributed by atoms with E-state index >= 15 is 0 Å². The molecule has 2 rings (SSSR count). The van der Waals surface area contributed by atoms with Crippen LogP contribution in [-0.4, -0.2) is 11.2 Å². The molecule has 0 radical (unpaired) electrons. The highest BCUT2D eigenvalue weighted by Gasteiger charge is 1.92. The van der Waals surface area contributed by atoms with Gasteiger partial charge in [-0.2, -0.15) is 4.39 Å². The Kier molecular flexibility index (Phi) is 2.83. The molecule has 0 unspecified atom stereocenters. The van der Waals surface area contributed by atoms with Crippen LogP contribution in [0.1, 0.15) is 5.56 Å². The Bertz CT molecular complexity index is 466. The number of nitrogens with zero attached hydrogens (tertiary/aromatic N) is 2. The quantitative estimate of drug-likeness (QED) is 0.540. The minimum Gasteiger partial charge on any atom is -0.256 e. The van der Waals surface area contributed by atoms with Crippen LogP contribution in [0, 0.1) is 5.95 Å². The molecule has 0 saturated heterocycles. The van der Waals surface area contributed by atoms with Crippen molar-refractivity contribution in [2.45, 2.75) is 0 Å². The van der Waals surface area contributed by atoms with E-state index in [1.165, 1.54) is 12.3 Å². The molecule has 0 fully saturated rings. The molecule has 15 heavy (non-hydrogen) atoms. The molecule has 0 N–H and O–H groups in total. The highest BCUT2D eigenvalue weighted by Crippen LogP contribution is 2.10. The molecule has 3 heteroatoms. The second kappa shape index (κ2) is 4.46. The van der Waals surface area contributed by atoms with Crippen molar-refractivity contribution in [1.29, 1.82) is 0 Å². The lowest BCUT2D eigenvalue weighted by atomic mass is 10.2. The summed E-state index contributed by atoms with van der Waals surface area (Å²) in [4.78, 5) is 7.59. The number of benzene rings is 1. The molecule has 0 saturated carbocycles. The van der Waals surface area contributed by atoms with Crippen molar-refractivity contribution in [3.63, 3.8) is 0 Å². The number of hydrogen-bond donors (Lipinski definition) is 0. The average Bonchev–Trinajstić information content (AvgIpc) is 2.28. The van der Waals surface area contributed by atoms with E-state index in [1.54, 1.807) is 12.3 Å². The summed E-state index contributed by atoms with van der Waals surface area (Å²) in [5, 5.41) is 0. The highest BCUT2D eigenvalue weighted by atomic mass is 19.1. The Morgan fingerprint density at radius 1 is 1.13 bits per heavy atom. The number of hydrogen-bond acceptors (Lipinski definition) is 2. The molecule has 0 aliphatic heterocycles. The molecule has 0 aliphatic carbocycles. The molecule has 1 aromatic heterocycles. The summed E-state index contributed by atoms with van der Waals surface area (Å²) in [5.74, 6) is -0.516. The van der Waals surface area contributed by atoms with E-state index in [-0.39, 0.29) is 0 Å². The van der Waals surface area contributed by atoms with E-state index in [9.17, 15) is 4.39 Å². The van der Waals surface area contributed by atoms with Crippen LogP contribution in [0.15, 0.2) is 53.7 Å². The van der Waals surface area contributed by atoms with Crippen LogP contribution in [0.5, 0.6) is 0 Å². The maximum absolute atomic E-state index is 12.7. The molecule has 74 valence electrons. The van der Waals surface area contributed by atoms with Crippen LogP contribution in [-0.2, 0) is 0 Å². The Hall–Kier alpha value is -2.03. The second-order valence-corrected chi connectivity index (χ2v) is 3.01. The number of pyridine rings is 1. The van der Waals surface area contributed by atoms with Crippen molar-refractivity contribution in [3.05, 3.63) is 60.2 Å². The Labute approximate surface area is 87.1 Å². The van der Waals surface area contributed by atoms with Gasteiger partial charge in [-0.15, -0.1) is 0 Å². The number of halogens is 1. The molecule has 0 bridgehead atoms. The summed E-state index contributed by atoms with van der Waals surface area (Å²) < 4.78 is 12.7. The van der Waals surface area contributed by atoms with Gasteiger partial charge in [0, 0.05) is 18.5 Å². The summed E-state index contributed by atoms with van der Waals surface area (Å²) in [6.45, 7) is 0. The lowest BCUT2D eigenvalue weighted by molar-refractivity contribution is 0.584. The fourth-order valence-electron chi connectivity index (χ4n) is 1.16. The third-order valence-corrected chi connectivity index (χ3v) is 1.87. The van der Waals surface area contributed by atoms with Crippen LogP contribution in [0.3, 0.4) is 0 Å². The van der Waals surface area contributed by atoms with E-state index in [2.05, 4.69) is 9.98 Å². The van der Waals surface area contributed by atoms with Gasteiger partial charge in [-0.1, -0.05) is 30.3 Å². The number of rotatable bonds is 2. The molecule has 1 heterocycles. The number of aromatic nitrogens is 1. The summed E-state index contributed by atoms with van der Waals surface area (Å²) in [6, 6.07) is 12.6. The van der Waals surface area contributed by atoms with Crippen LogP contribution in [0.4, 0.5) is 10.1 Å². The van der Waals surface area contributed by atoms with Crippen molar-refractivity contribution in [1.82, 2.24) is 4.98 Å². The maximum atomic E-state index is 12.7. The SMILES string of the molecule is Fc1cc(/N=C/c2ccccc2)ccn1. The van der Waals surface area contributed by atoms with Gasteiger partial charge in [0.25, 0.3) is 0 Å². The summed E-state index contributed by atoms with van der Waals surface area (Å²) in [5.41, 5.74) is 1.54. The molecule has 0 amide bonds. The Morgan fingerprint density at radius 2 is 1.93 bits per heavy atom. The van der Waals surface area contributed by atoms with Crippen molar-refractivity contribution in [3.8, 4) is 0 Å². The zero-order valence-corrected chi connectivity index (χ0v) is 7.97. The molecule has 2 nitrogen and oxygen atoms in total. The van der Waals surface area contributed by atoms with Crippen molar-refractivity contribution in [2.24, 2.45) is 4.99 Å². The van der Waals surface area contributed by atoms with Crippen molar-refractivity contribution >= 4 is 11.9 Å². The van der Waals surface area contributed by atoms with Crippen LogP contribution >= 0.6 is 0 Å². The second-order valence-electron chi connectivity index (χ2n) is 3.01. The normalized spacial score (nSPS) is 10.7. The van der Waals surface area contributed by atoms with Crippen LogP contribution in [0.2, 0.25) is 0 Å². The van der Waals surface area contributed by atoms with Gasteiger partial charge < -0.3 is 0 Å². The molecule has 1 aromatic carbocycles. The van der Waals surface area contributed by atoms with Gasteiger partial charge in [-0.3, -0.25) is 4.99 Å². The largest absolute Gasteiger partial charge is 0.256 e. The monoisotopic (exact) mass is 200 g/mol. The number of aliphatic imine (C=N–C) groups is 1. The third-order valence-electron chi connectivity index (χ3n) is 1.87. The summed E-state index contributed by atoms with van der Waals surface area (Å²) in [7, 11) is 0. The van der Waals surface area contributed by atoms with Gasteiger partial charge in [0.1, 0.15) is 0 Å². The standard InChI is InChI=1S/C12H9FN2/c13-12-8-11(6-7-14-12)15-9-10-4-2-1-3-5-10/h1-9H/b15-9+. The van der Waals surface area contributed by atoms with Crippen molar-refractivity contribution in [2.75, 3.05) is 0 Å². The van der Waals surface area contributed by atoms with Crippen molar-refractivity contribution < 1.29 is 4.39 Å². The fraction of sp³-hybridized carbons (Fsp3) is 0. The third kappa shape index (κ3) is 2.71. The van der Waals surface area contributed by atoms with Gasteiger partial charge in [0.2, 0.25) is 5.95 Å². The van der Waals surface area contributed by atoms with Gasteiger partial charge in [0.15, 0.2) is 0 Å². The first-order valence-corrected chi connectivity index (χ1v) is 4.55. The van der Waals surface area contributed by atoms with E-state index in [4.69, 9.17) is 0 Å². The lowest BCUT2D eigenvalue weighted by Gasteiger charge is -1.93. The molecule has 0 atom stereocenters. The first-order valence-electron chi connectivity index (χ1n) is 4.55. The molecule has 0 aliphatic rings. The first-order chi connectivity index (χ1) is 7.34. The Morgan fingerprint density at radius 3 is 2.67 bits per heavy atom. The molecule has 2 aromatic rings. The van der Waals surface area contributed by atoms with Crippen LogP contribution < -0.4 is 0 Å². The summed E-state index contributed by atoms with van der Waals surface area (Å²) in [6.07, 6.45) is 3.09. The maximum Gasteiger partial charge on any atom is 0.214 e. The smallest absolute Gasteiger partial charge is 0.214 e. The van der Waals surface area contributed by atoms with E-state index < -0.39 is 5.95 Å². The van der Waals surface area contributed by atoms with Gasteiger partial charge >= 0.3 is 0 Å². The first kappa shape index (κ1) is 9.52. The predicted octanol–water partition coefficient (Wildman–Crippen LogP) is 2.97. The summed E-state index contributed by atoms with van der Waals surface area (Å²) >= 11 is 0. The minimum atomic E-state index is -0.516. The van der Waals surface area contributed by atoms with Crippen LogP contribution in [0.25, 0.3) is 0 Å². The van der Waals surface area contributed by atoms with Gasteiger partial charge in [-0.05, 0) is 11.6 Å². The fourth-order valence-corrected chi connectivity index (χ4v) is 1.16.